The minimum absolute atomic E-state index is 0.00639. The quantitative estimate of drug-likeness (QED) is 0.712. The van der Waals surface area contributed by atoms with Crippen molar-refractivity contribution in [3.05, 3.63) is 34.9 Å². The van der Waals surface area contributed by atoms with E-state index in [0.717, 1.165) is 19.3 Å². The number of halogens is 1. The Morgan fingerprint density at radius 1 is 1.15 bits per heavy atom. The molecular formula is C19H25ClN2O4. The molecule has 1 aromatic rings. The lowest BCUT2D eigenvalue weighted by atomic mass is 9.86. The van der Waals surface area contributed by atoms with Crippen molar-refractivity contribution in [1.29, 1.82) is 0 Å². The molecular weight excluding hydrogens is 356 g/mol. The minimum Gasteiger partial charge on any atom is -0.456 e. The zero-order valence-corrected chi connectivity index (χ0v) is 15.7. The standard InChI is InChI=1S/C19H25ClN2O4/c1-13-4-2-3-5-16(13)22-17(23)12-26-18(24)10-11-21-19(25)14-6-8-15(20)9-7-14/h6-9,13,16H,2-5,10-12H2,1H3,(H,21,25)(H,22,23)/t13-,16-/m1/s1. The lowest BCUT2D eigenvalue weighted by Crippen LogP contribution is -2.43. The summed E-state index contributed by atoms with van der Waals surface area (Å²) in [4.78, 5) is 35.5. The first kappa shape index (κ1) is 20.2. The van der Waals surface area contributed by atoms with Gasteiger partial charge in [0.05, 0.1) is 6.42 Å². The molecule has 2 atom stereocenters. The van der Waals surface area contributed by atoms with E-state index in [1.54, 1.807) is 24.3 Å². The van der Waals surface area contributed by atoms with E-state index in [9.17, 15) is 14.4 Å². The molecule has 0 radical (unpaired) electrons. The summed E-state index contributed by atoms with van der Waals surface area (Å²) < 4.78 is 4.96. The topological polar surface area (TPSA) is 84.5 Å². The lowest BCUT2D eigenvalue weighted by molar-refractivity contribution is -0.148. The Labute approximate surface area is 158 Å². The van der Waals surface area contributed by atoms with E-state index in [4.69, 9.17) is 16.3 Å². The fourth-order valence-electron chi connectivity index (χ4n) is 2.98. The van der Waals surface area contributed by atoms with Crippen LogP contribution in [0.25, 0.3) is 0 Å². The molecule has 0 aromatic heterocycles. The van der Waals surface area contributed by atoms with Gasteiger partial charge in [0.15, 0.2) is 6.61 Å². The first-order chi connectivity index (χ1) is 12.5. The molecule has 142 valence electrons. The van der Waals surface area contributed by atoms with E-state index < -0.39 is 5.97 Å². The smallest absolute Gasteiger partial charge is 0.308 e. The van der Waals surface area contributed by atoms with Crippen LogP contribution in [0.4, 0.5) is 0 Å². The van der Waals surface area contributed by atoms with E-state index in [2.05, 4.69) is 17.6 Å². The van der Waals surface area contributed by atoms with Gasteiger partial charge in [-0.05, 0) is 43.0 Å². The molecule has 2 amide bonds. The normalized spacial score (nSPS) is 19.5. The average Bonchev–Trinajstić information content (AvgIpc) is 2.62. The summed E-state index contributed by atoms with van der Waals surface area (Å²) in [6, 6.07) is 6.61. The molecule has 0 aliphatic heterocycles. The van der Waals surface area contributed by atoms with Crippen molar-refractivity contribution >= 4 is 29.4 Å². The predicted molar refractivity (Wildman–Crippen MR) is 98.9 cm³/mol. The molecule has 1 saturated carbocycles. The molecule has 0 unspecified atom stereocenters. The Bertz CT molecular complexity index is 633. The zero-order chi connectivity index (χ0) is 18.9. The summed E-state index contributed by atoms with van der Waals surface area (Å²) in [5.74, 6) is -0.638. The van der Waals surface area contributed by atoms with E-state index in [-0.39, 0.29) is 37.4 Å². The highest BCUT2D eigenvalue weighted by molar-refractivity contribution is 6.30. The van der Waals surface area contributed by atoms with Gasteiger partial charge in [-0.2, -0.15) is 0 Å². The van der Waals surface area contributed by atoms with Gasteiger partial charge in [-0.1, -0.05) is 31.4 Å². The van der Waals surface area contributed by atoms with E-state index in [0.29, 0.717) is 16.5 Å². The van der Waals surface area contributed by atoms with Crippen LogP contribution >= 0.6 is 11.6 Å². The van der Waals surface area contributed by atoms with Crippen molar-refractivity contribution in [3.63, 3.8) is 0 Å². The predicted octanol–water partition coefficient (Wildman–Crippen LogP) is 2.70. The van der Waals surface area contributed by atoms with Gasteiger partial charge in [0.2, 0.25) is 0 Å². The Kier molecular flexibility index (Phi) is 7.91. The molecule has 1 aromatic carbocycles. The Balaban J connectivity index is 1.61. The number of amides is 2. The van der Waals surface area contributed by atoms with Crippen molar-refractivity contribution in [2.75, 3.05) is 13.2 Å². The first-order valence-electron chi connectivity index (χ1n) is 8.94. The highest BCUT2D eigenvalue weighted by Crippen LogP contribution is 2.23. The van der Waals surface area contributed by atoms with Crippen molar-refractivity contribution in [3.8, 4) is 0 Å². The van der Waals surface area contributed by atoms with Crippen LogP contribution in [0.2, 0.25) is 5.02 Å². The third-order valence-electron chi connectivity index (χ3n) is 4.54. The molecule has 6 nitrogen and oxygen atoms in total. The molecule has 1 aliphatic carbocycles. The monoisotopic (exact) mass is 380 g/mol. The summed E-state index contributed by atoms with van der Waals surface area (Å²) in [6.07, 6.45) is 4.40. The van der Waals surface area contributed by atoms with Crippen LogP contribution in [0.1, 0.15) is 49.4 Å². The largest absolute Gasteiger partial charge is 0.456 e. The van der Waals surface area contributed by atoms with Crippen LogP contribution < -0.4 is 10.6 Å². The summed E-state index contributed by atoms with van der Waals surface area (Å²) in [6.45, 7) is 1.98. The number of nitrogens with one attached hydrogen (secondary N) is 2. The summed E-state index contributed by atoms with van der Waals surface area (Å²) in [7, 11) is 0. The zero-order valence-electron chi connectivity index (χ0n) is 14.9. The molecule has 0 saturated heterocycles. The number of hydrogen-bond acceptors (Lipinski definition) is 4. The SMILES string of the molecule is C[C@@H]1CCCC[C@H]1NC(=O)COC(=O)CCNC(=O)c1ccc(Cl)cc1. The molecule has 7 heteroatoms. The van der Waals surface area contributed by atoms with Gasteiger partial charge in [-0.25, -0.2) is 0 Å². The maximum atomic E-state index is 11.9. The van der Waals surface area contributed by atoms with Gasteiger partial charge >= 0.3 is 5.97 Å². The molecule has 2 N–H and O–H groups in total. The van der Waals surface area contributed by atoms with Gasteiger partial charge in [-0.3, -0.25) is 14.4 Å². The molecule has 26 heavy (non-hydrogen) atoms. The maximum Gasteiger partial charge on any atom is 0.308 e. The third kappa shape index (κ3) is 6.67. The molecule has 0 bridgehead atoms. The van der Waals surface area contributed by atoms with Gasteiger partial charge in [0.1, 0.15) is 0 Å². The second-order valence-electron chi connectivity index (χ2n) is 6.61. The molecule has 0 spiro atoms. The molecule has 2 rings (SSSR count). The van der Waals surface area contributed by atoms with E-state index >= 15 is 0 Å². The molecule has 0 heterocycles. The van der Waals surface area contributed by atoms with Crippen LogP contribution in [0, 0.1) is 5.92 Å². The van der Waals surface area contributed by atoms with Gasteiger partial charge in [0.25, 0.3) is 11.8 Å². The number of carbonyl (C=O) groups is 3. The summed E-state index contributed by atoms with van der Waals surface area (Å²) in [5.41, 5.74) is 0.462. The van der Waals surface area contributed by atoms with E-state index in [1.165, 1.54) is 6.42 Å². The highest BCUT2D eigenvalue weighted by atomic mass is 35.5. The molecule has 1 fully saturated rings. The lowest BCUT2D eigenvalue weighted by Gasteiger charge is -2.29. The summed E-state index contributed by atoms with van der Waals surface area (Å²) >= 11 is 5.77. The number of rotatable bonds is 7. The average molecular weight is 381 g/mol. The first-order valence-corrected chi connectivity index (χ1v) is 9.32. The Hall–Kier alpha value is -2.08. The van der Waals surface area contributed by atoms with Crippen molar-refractivity contribution < 1.29 is 19.1 Å². The summed E-state index contributed by atoms with van der Waals surface area (Å²) in [5, 5.41) is 6.10. The van der Waals surface area contributed by atoms with Gasteiger partial charge in [0, 0.05) is 23.2 Å². The highest BCUT2D eigenvalue weighted by Gasteiger charge is 2.23. The minimum atomic E-state index is -0.520. The molecule has 1 aliphatic rings. The van der Waals surface area contributed by atoms with Crippen LogP contribution in [0.3, 0.4) is 0 Å². The number of benzene rings is 1. The van der Waals surface area contributed by atoms with Crippen molar-refractivity contribution in [2.24, 2.45) is 5.92 Å². The van der Waals surface area contributed by atoms with Crippen LogP contribution in [0.5, 0.6) is 0 Å². The number of esters is 1. The second-order valence-corrected chi connectivity index (χ2v) is 7.05. The van der Waals surface area contributed by atoms with E-state index in [1.807, 2.05) is 0 Å². The Morgan fingerprint density at radius 2 is 1.85 bits per heavy atom. The fourth-order valence-corrected chi connectivity index (χ4v) is 3.10. The maximum absolute atomic E-state index is 11.9. The fraction of sp³-hybridized carbons (Fsp3) is 0.526. The van der Waals surface area contributed by atoms with Gasteiger partial charge in [-0.15, -0.1) is 0 Å². The van der Waals surface area contributed by atoms with Crippen molar-refractivity contribution in [1.82, 2.24) is 10.6 Å². The van der Waals surface area contributed by atoms with Crippen LogP contribution in [-0.4, -0.2) is 37.0 Å². The number of ether oxygens (including phenoxy) is 1. The number of hydrogen-bond donors (Lipinski definition) is 2. The Morgan fingerprint density at radius 3 is 2.54 bits per heavy atom. The number of carbonyl (C=O) groups excluding carboxylic acids is 3. The van der Waals surface area contributed by atoms with Crippen molar-refractivity contribution in [2.45, 2.75) is 45.1 Å². The van der Waals surface area contributed by atoms with Gasteiger partial charge < -0.3 is 15.4 Å². The second kappa shape index (κ2) is 10.2. The van der Waals surface area contributed by atoms with Crippen LogP contribution in [0.15, 0.2) is 24.3 Å². The van der Waals surface area contributed by atoms with Crippen LogP contribution in [-0.2, 0) is 14.3 Å². The third-order valence-corrected chi connectivity index (χ3v) is 4.80.